The summed E-state index contributed by atoms with van der Waals surface area (Å²) in [5.74, 6) is 0. The van der Waals surface area contributed by atoms with Gasteiger partial charge in [0.2, 0.25) is 20.0 Å². The van der Waals surface area contributed by atoms with Crippen LogP contribution in [0.4, 0.5) is 0 Å². The van der Waals surface area contributed by atoms with Gasteiger partial charge in [-0.2, -0.15) is 0 Å². The quantitative estimate of drug-likeness (QED) is 0.700. The SMILES string of the molecule is CN1CCOC(CNS(=O)(=O)c2cccc(S(N)(=O)=O)c2)C1. The molecule has 0 amide bonds. The van der Waals surface area contributed by atoms with Crippen LogP contribution >= 0.6 is 0 Å². The molecule has 124 valence electrons. The van der Waals surface area contributed by atoms with Crippen molar-refractivity contribution in [1.82, 2.24) is 9.62 Å². The van der Waals surface area contributed by atoms with Gasteiger partial charge in [-0.3, -0.25) is 0 Å². The zero-order valence-electron chi connectivity index (χ0n) is 12.1. The van der Waals surface area contributed by atoms with Crippen LogP contribution in [0.2, 0.25) is 0 Å². The zero-order valence-corrected chi connectivity index (χ0v) is 13.7. The van der Waals surface area contributed by atoms with E-state index in [-0.39, 0.29) is 22.4 Å². The highest BCUT2D eigenvalue weighted by atomic mass is 32.2. The molecule has 1 aromatic rings. The van der Waals surface area contributed by atoms with Gasteiger partial charge in [0.05, 0.1) is 22.5 Å². The van der Waals surface area contributed by atoms with E-state index < -0.39 is 20.0 Å². The van der Waals surface area contributed by atoms with Crippen molar-refractivity contribution >= 4 is 20.0 Å². The van der Waals surface area contributed by atoms with Crippen LogP contribution in [-0.4, -0.2) is 61.1 Å². The molecule has 1 atom stereocenters. The summed E-state index contributed by atoms with van der Waals surface area (Å²) in [6.45, 7) is 2.09. The van der Waals surface area contributed by atoms with Crippen molar-refractivity contribution < 1.29 is 21.6 Å². The minimum absolute atomic E-state index is 0.117. The third kappa shape index (κ3) is 4.48. The topological polar surface area (TPSA) is 119 Å². The summed E-state index contributed by atoms with van der Waals surface area (Å²) in [5.41, 5.74) is 0. The molecular formula is C12H19N3O5S2. The molecule has 1 aliphatic rings. The Bertz CT molecular complexity index is 733. The molecule has 22 heavy (non-hydrogen) atoms. The average Bonchev–Trinajstić information content (AvgIpc) is 2.45. The van der Waals surface area contributed by atoms with Crippen LogP contribution in [0.5, 0.6) is 0 Å². The molecule has 0 radical (unpaired) electrons. The van der Waals surface area contributed by atoms with Crippen LogP contribution in [0.25, 0.3) is 0 Å². The third-order valence-electron chi connectivity index (χ3n) is 3.29. The lowest BCUT2D eigenvalue weighted by molar-refractivity contribution is -0.0156. The number of nitrogens with one attached hydrogen (secondary N) is 1. The molecular weight excluding hydrogens is 330 g/mol. The van der Waals surface area contributed by atoms with Gasteiger partial charge < -0.3 is 9.64 Å². The Morgan fingerprint density at radius 1 is 1.32 bits per heavy atom. The Hall–Kier alpha value is -1.04. The molecule has 1 saturated heterocycles. The van der Waals surface area contributed by atoms with Gasteiger partial charge in [-0.25, -0.2) is 26.7 Å². The van der Waals surface area contributed by atoms with E-state index in [0.29, 0.717) is 13.2 Å². The number of likely N-dealkylation sites (N-methyl/N-ethyl adjacent to an activating group) is 1. The van der Waals surface area contributed by atoms with Crippen LogP contribution in [0.3, 0.4) is 0 Å². The molecule has 3 N–H and O–H groups in total. The Morgan fingerprint density at radius 3 is 2.64 bits per heavy atom. The summed E-state index contributed by atoms with van der Waals surface area (Å²) < 4.78 is 54.9. The van der Waals surface area contributed by atoms with Crippen molar-refractivity contribution in [2.45, 2.75) is 15.9 Å². The molecule has 8 nitrogen and oxygen atoms in total. The number of rotatable bonds is 5. The van der Waals surface area contributed by atoms with Crippen molar-refractivity contribution in [2.24, 2.45) is 5.14 Å². The number of nitrogens with two attached hydrogens (primary N) is 1. The Kier molecular flexibility index (Phi) is 5.20. The Labute approximate surface area is 130 Å². The van der Waals surface area contributed by atoms with Gasteiger partial charge in [-0.15, -0.1) is 0 Å². The molecule has 1 fully saturated rings. The van der Waals surface area contributed by atoms with Crippen LogP contribution in [0.1, 0.15) is 0 Å². The number of benzene rings is 1. The van der Waals surface area contributed by atoms with Crippen molar-refractivity contribution in [2.75, 3.05) is 33.3 Å². The molecule has 1 heterocycles. The molecule has 10 heteroatoms. The number of hydrogen-bond donors (Lipinski definition) is 2. The van der Waals surface area contributed by atoms with E-state index >= 15 is 0 Å². The third-order valence-corrected chi connectivity index (χ3v) is 5.62. The van der Waals surface area contributed by atoms with E-state index in [1.165, 1.54) is 18.2 Å². The lowest BCUT2D eigenvalue weighted by Crippen LogP contribution is -2.45. The van der Waals surface area contributed by atoms with E-state index in [1.807, 2.05) is 11.9 Å². The number of nitrogens with zero attached hydrogens (tertiary/aromatic N) is 1. The number of hydrogen-bond acceptors (Lipinski definition) is 6. The first-order valence-corrected chi connectivity index (χ1v) is 9.64. The lowest BCUT2D eigenvalue weighted by Gasteiger charge is -2.30. The minimum Gasteiger partial charge on any atom is -0.374 e. The summed E-state index contributed by atoms with van der Waals surface area (Å²) in [5, 5.41) is 5.01. The summed E-state index contributed by atoms with van der Waals surface area (Å²) in [4.78, 5) is 1.65. The van der Waals surface area contributed by atoms with Crippen LogP contribution in [-0.2, 0) is 24.8 Å². The maximum Gasteiger partial charge on any atom is 0.240 e. The van der Waals surface area contributed by atoms with Crippen LogP contribution in [0, 0.1) is 0 Å². The van der Waals surface area contributed by atoms with E-state index in [4.69, 9.17) is 9.88 Å². The lowest BCUT2D eigenvalue weighted by atomic mass is 10.3. The first kappa shape index (κ1) is 17.3. The second kappa shape index (κ2) is 6.60. The molecule has 0 spiro atoms. The summed E-state index contributed by atoms with van der Waals surface area (Å²) >= 11 is 0. The molecule has 0 aliphatic carbocycles. The molecule has 0 saturated carbocycles. The van der Waals surface area contributed by atoms with Gasteiger partial charge in [-0.1, -0.05) is 6.07 Å². The summed E-state index contributed by atoms with van der Waals surface area (Å²) in [6.07, 6.45) is -0.241. The largest absolute Gasteiger partial charge is 0.374 e. The fourth-order valence-electron chi connectivity index (χ4n) is 2.09. The average molecular weight is 349 g/mol. The predicted molar refractivity (Wildman–Crippen MR) is 80.2 cm³/mol. The van der Waals surface area contributed by atoms with Gasteiger partial charge in [0.1, 0.15) is 0 Å². The first-order valence-electron chi connectivity index (χ1n) is 6.61. The van der Waals surface area contributed by atoms with Gasteiger partial charge in [0.15, 0.2) is 0 Å². The highest BCUT2D eigenvalue weighted by Gasteiger charge is 2.22. The maximum absolute atomic E-state index is 12.2. The Morgan fingerprint density at radius 2 is 2.00 bits per heavy atom. The molecule has 0 aromatic heterocycles. The molecule has 1 aromatic carbocycles. The smallest absolute Gasteiger partial charge is 0.240 e. The second-order valence-corrected chi connectivity index (χ2v) is 8.46. The molecule has 0 bridgehead atoms. The fourth-order valence-corrected chi connectivity index (χ4v) is 3.84. The first-order chi connectivity index (χ1) is 10.2. The molecule has 1 unspecified atom stereocenters. The highest BCUT2D eigenvalue weighted by Crippen LogP contribution is 2.14. The number of primary sulfonamides is 1. The molecule has 2 rings (SSSR count). The fraction of sp³-hybridized carbons (Fsp3) is 0.500. The van der Waals surface area contributed by atoms with Gasteiger partial charge in [0.25, 0.3) is 0 Å². The van der Waals surface area contributed by atoms with Crippen molar-refractivity contribution in [3.05, 3.63) is 24.3 Å². The monoisotopic (exact) mass is 349 g/mol. The maximum atomic E-state index is 12.2. The number of morpholine rings is 1. The summed E-state index contributed by atoms with van der Waals surface area (Å²) in [7, 11) is -5.85. The summed E-state index contributed by atoms with van der Waals surface area (Å²) in [6, 6.07) is 4.92. The van der Waals surface area contributed by atoms with Crippen molar-refractivity contribution in [3.8, 4) is 0 Å². The highest BCUT2D eigenvalue weighted by molar-refractivity contribution is 7.90. The Balaban J connectivity index is 2.10. The van der Waals surface area contributed by atoms with Crippen LogP contribution in [0.15, 0.2) is 34.1 Å². The second-order valence-electron chi connectivity index (χ2n) is 5.13. The van der Waals surface area contributed by atoms with Gasteiger partial charge in [0, 0.05) is 19.6 Å². The van der Waals surface area contributed by atoms with Crippen molar-refractivity contribution in [1.29, 1.82) is 0 Å². The molecule has 1 aliphatic heterocycles. The van der Waals surface area contributed by atoms with Crippen molar-refractivity contribution in [3.63, 3.8) is 0 Å². The van der Waals surface area contributed by atoms with E-state index in [1.54, 1.807) is 0 Å². The predicted octanol–water partition coefficient (Wildman–Crippen LogP) is -1.06. The zero-order chi connectivity index (χ0) is 16.4. The van der Waals surface area contributed by atoms with Crippen LogP contribution < -0.4 is 9.86 Å². The van der Waals surface area contributed by atoms with E-state index in [0.717, 1.165) is 12.6 Å². The number of ether oxygens (including phenoxy) is 1. The van der Waals surface area contributed by atoms with E-state index in [9.17, 15) is 16.8 Å². The minimum atomic E-state index is -3.95. The number of sulfonamides is 2. The van der Waals surface area contributed by atoms with E-state index in [2.05, 4.69) is 4.72 Å². The standard InChI is InChI=1S/C12H19N3O5S2/c1-15-5-6-20-10(9-15)8-14-22(18,19)12-4-2-3-11(7-12)21(13,16)17/h2-4,7,10,14H,5-6,8-9H2,1H3,(H2,13,16,17). The van der Waals surface area contributed by atoms with Gasteiger partial charge >= 0.3 is 0 Å². The van der Waals surface area contributed by atoms with Gasteiger partial charge in [-0.05, 0) is 25.2 Å². The normalized spacial score (nSPS) is 20.9.